The fourth-order valence-electron chi connectivity index (χ4n) is 3.76. The summed E-state index contributed by atoms with van der Waals surface area (Å²) in [5, 5.41) is 9.30. The number of rotatable bonds is 8. The first kappa shape index (κ1) is 23.4. The lowest BCUT2D eigenvalue weighted by molar-refractivity contribution is 0.0694. The third kappa shape index (κ3) is 4.52. The summed E-state index contributed by atoms with van der Waals surface area (Å²) in [5.74, 6) is -1.95. The van der Waals surface area contributed by atoms with Crippen molar-refractivity contribution in [3.8, 4) is 0 Å². The van der Waals surface area contributed by atoms with Gasteiger partial charge in [-0.2, -0.15) is 0 Å². The molecule has 0 atom stereocenters. The molecule has 9 nitrogen and oxygen atoms in total. The highest BCUT2D eigenvalue weighted by atomic mass is 31.2. The molecule has 0 amide bonds. The van der Waals surface area contributed by atoms with Gasteiger partial charge in [-0.05, 0) is 32.9 Å². The van der Waals surface area contributed by atoms with E-state index in [1.54, 1.807) is 29.2 Å². The number of carboxylic acid groups (broad SMARTS) is 1. The summed E-state index contributed by atoms with van der Waals surface area (Å²) in [6, 6.07) is 2.67. The topological polar surface area (TPSA) is 101 Å². The Labute approximate surface area is 179 Å². The smallest absolute Gasteiger partial charge is 0.408 e. The highest BCUT2D eigenvalue weighted by Crippen LogP contribution is 2.52. The van der Waals surface area contributed by atoms with E-state index in [1.165, 1.54) is 6.20 Å². The Morgan fingerprint density at radius 1 is 1.13 bits per heavy atom. The molecule has 11 heteroatoms. The molecule has 170 valence electrons. The number of nitrogens with zero attached hydrogens (tertiary/aromatic N) is 3. The molecule has 1 aliphatic rings. The Hall–Kier alpha value is -2.26. The highest BCUT2D eigenvalue weighted by Gasteiger charge is 2.36. The van der Waals surface area contributed by atoms with Gasteiger partial charge in [0, 0.05) is 44.3 Å². The molecule has 31 heavy (non-hydrogen) atoms. The maximum atomic E-state index is 15.0. The standard InChI is InChI=1S/C20H27FN3O6P/c1-4-22-13-15(20(26)27)19(25)14-11-16(21)18(12-17(14)22)23-7-9-24(10-8-23)31(28,29-5-2)30-6-3/h11-13H,4-10H2,1-3H3,(H,26,27). The van der Waals surface area contributed by atoms with Crippen molar-refractivity contribution < 1.29 is 27.9 Å². The second kappa shape index (κ2) is 9.48. The van der Waals surface area contributed by atoms with Crippen LogP contribution >= 0.6 is 7.75 Å². The molecule has 1 N–H and O–H groups in total. The molecule has 0 unspecified atom stereocenters. The first-order valence-electron chi connectivity index (χ1n) is 10.2. The van der Waals surface area contributed by atoms with Crippen LogP contribution in [0.5, 0.6) is 0 Å². The summed E-state index contributed by atoms with van der Waals surface area (Å²) in [7, 11) is -3.39. The van der Waals surface area contributed by atoms with Crippen LogP contribution in [0.1, 0.15) is 31.1 Å². The van der Waals surface area contributed by atoms with Crippen LogP contribution in [-0.4, -0.2) is 59.7 Å². The van der Waals surface area contributed by atoms with Gasteiger partial charge in [0.1, 0.15) is 11.4 Å². The van der Waals surface area contributed by atoms with Crippen LogP contribution in [0.2, 0.25) is 0 Å². The molecule has 0 radical (unpaired) electrons. The van der Waals surface area contributed by atoms with Crippen molar-refractivity contribution in [1.82, 2.24) is 9.24 Å². The molecule has 0 bridgehead atoms. The Morgan fingerprint density at radius 2 is 1.74 bits per heavy atom. The van der Waals surface area contributed by atoms with Gasteiger partial charge in [-0.3, -0.25) is 13.8 Å². The Balaban J connectivity index is 1.93. The maximum absolute atomic E-state index is 15.0. The van der Waals surface area contributed by atoms with Gasteiger partial charge in [0.25, 0.3) is 0 Å². The zero-order chi connectivity index (χ0) is 22.8. The van der Waals surface area contributed by atoms with E-state index >= 15 is 0 Å². The third-order valence-electron chi connectivity index (χ3n) is 5.25. The van der Waals surface area contributed by atoms with Crippen molar-refractivity contribution in [1.29, 1.82) is 0 Å². The zero-order valence-corrected chi connectivity index (χ0v) is 18.7. The van der Waals surface area contributed by atoms with Crippen molar-refractivity contribution in [2.45, 2.75) is 27.3 Å². The second-order valence-electron chi connectivity index (χ2n) is 7.03. The van der Waals surface area contributed by atoms with Crippen molar-refractivity contribution in [2.24, 2.45) is 0 Å². The molecule has 2 heterocycles. The molecule has 2 aromatic rings. The average molecular weight is 455 g/mol. The summed E-state index contributed by atoms with van der Waals surface area (Å²) in [4.78, 5) is 25.7. The third-order valence-corrected chi connectivity index (χ3v) is 7.51. The molecule has 1 aromatic carbocycles. The SMILES string of the molecule is CCOP(=O)(OCC)N1CCN(c2cc3c(cc2F)c(=O)c(C(=O)O)cn3CC)CC1. The number of piperazine rings is 1. The average Bonchev–Trinajstić information content (AvgIpc) is 2.74. The summed E-state index contributed by atoms with van der Waals surface area (Å²) < 4.78 is 42.0. The monoisotopic (exact) mass is 455 g/mol. The summed E-state index contributed by atoms with van der Waals surface area (Å²) in [5.41, 5.74) is -0.334. The number of hydrogen-bond donors (Lipinski definition) is 1. The predicted octanol–water partition coefficient (Wildman–Crippen LogP) is 3.16. The van der Waals surface area contributed by atoms with Crippen LogP contribution in [0.15, 0.2) is 23.1 Å². The Morgan fingerprint density at radius 3 is 2.26 bits per heavy atom. The first-order valence-corrected chi connectivity index (χ1v) is 11.7. The number of aromatic carboxylic acids is 1. The molecular formula is C20H27FN3O6P. The van der Waals surface area contributed by atoms with Gasteiger partial charge in [-0.15, -0.1) is 0 Å². The van der Waals surface area contributed by atoms with Crippen molar-refractivity contribution >= 4 is 30.3 Å². The van der Waals surface area contributed by atoms with E-state index in [9.17, 15) is 23.7 Å². The molecule has 1 aromatic heterocycles. The van der Waals surface area contributed by atoms with Crippen LogP contribution < -0.4 is 10.3 Å². The minimum atomic E-state index is -3.39. The molecule has 1 aliphatic heterocycles. The lowest BCUT2D eigenvalue weighted by Gasteiger charge is -2.38. The van der Waals surface area contributed by atoms with Crippen LogP contribution in [0.3, 0.4) is 0 Å². The minimum absolute atomic E-state index is 0.0267. The number of hydrogen-bond acceptors (Lipinski definition) is 6. The van der Waals surface area contributed by atoms with Gasteiger partial charge in [-0.25, -0.2) is 18.4 Å². The van der Waals surface area contributed by atoms with Gasteiger partial charge in [0.2, 0.25) is 5.43 Å². The normalized spacial score (nSPS) is 15.5. The first-order chi connectivity index (χ1) is 14.8. The van der Waals surface area contributed by atoms with E-state index in [0.717, 1.165) is 6.07 Å². The maximum Gasteiger partial charge on any atom is 0.408 e. The lowest BCUT2D eigenvalue weighted by atomic mass is 10.1. The fraction of sp³-hybridized carbons (Fsp3) is 0.500. The van der Waals surface area contributed by atoms with Crippen molar-refractivity contribution in [3.63, 3.8) is 0 Å². The van der Waals surface area contributed by atoms with Gasteiger partial charge < -0.3 is 14.6 Å². The van der Waals surface area contributed by atoms with Gasteiger partial charge in [-0.1, -0.05) is 0 Å². The number of aryl methyl sites for hydroxylation is 1. The summed E-state index contributed by atoms with van der Waals surface area (Å²) in [6.45, 7) is 7.71. The molecule has 1 saturated heterocycles. The number of aromatic nitrogens is 1. The van der Waals surface area contributed by atoms with Crippen molar-refractivity contribution in [3.05, 3.63) is 39.9 Å². The van der Waals surface area contributed by atoms with Crippen LogP contribution in [0.4, 0.5) is 10.1 Å². The predicted molar refractivity (Wildman–Crippen MR) is 115 cm³/mol. The summed E-state index contributed by atoms with van der Waals surface area (Å²) >= 11 is 0. The van der Waals surface area contributed by atoms with E-state index in [0.29, 0.717) is 43.9 Å². The van der Waals surface area contributed by atoms with Gasteiger partial charge in [0.15, 0.2) is 0 Å². The number of pyridine rings is 1. The number of anilines is 1. The molecule has 0 spiro atoms. The number of halogens is 1. The number of benzene rings is 1. The quantitative estimate of drug-likeness (QED) is 0.606. The Kier molecular flexibility index (Phi) is 7.16. The van der Waals surface area contributed by atoms with E-state index in [4.69, 9.17) is 9.05 Å². The van der Waals surface area contributed by atoms with E-state index in [2.05, 4.69) is 0 Å². The zero-order valence-electron chi connectivity index (χ0n) is 17.8. The number of fused-ring (bicyclic) bond motifs is 1. The van der Waals surface area contributed by atoms with Gasteiger partial charge >= 0.3 is 13.7 Å². The summed E-state index contributed by atoms with van der Waals surface area (Å²) in [6.07, 6.45) is 1.28. The molecule has 0 aliphatic carbocycles. The van der Waals surface area contributed by atoms with E-state index < -0.39 is 30.5 Å². The molecule has 0 saturated carbocycles. The molecular weight excluding hydrogens is 428 g/mol. The number of carboxylic acids is 1. The van der Waals surface area contributed by atoms with Crippen molar-refractivity contribution in [2.75, 3.05) is 44.3 Å². The lowest BCUT2D eigenvalue weighted by Crippen LogP contribution is -2.45. The fourth-order valence-corrected chi connectivity index (χ4v) is 5.49. The number of carbonyl (C=O) groups is 1. The van der Waals surface area contributed by atoms with Gasteiger partial charge in [0.05, 0.1) is 24.4 Å². The van der Waals surface area contributed by atoms with Crippen LogP contribution in [-0.2, 0) is 20.2 Å². The van der Waals surface area contributed by atoms with Crippen LogP contribution in [0, 0.1) is 5.82 Å². The molecule has 1 fully saturated rings. The minimum Gasteiger partial charge on any atom is -0.477 e. The largest absolute Gasteiger partial charge is 0.477 e. The van der Waals surface area contributed by atoms with E-state index in [1.807, 2.05) is 11.8 Å². The van der Waals surface area contributed by atoms with Crippen LogP contribution in [0.25, 0.3) is 10.9 Å². The Bertz CT molecular complexity index is 1070. The van der Waals surface area contributed by atoms with E-state index in [-0.39, 0.29) is 18.6 Å². The second-order valence-corrected chi connectivity index (χ2v) is 9.05. The highest BCUT2D eigenvalue weighted by molar-refractivity contribution is 7.51. The molecule has 3 rings (SSSR count).